The summed E-state index contributed by atoms with van der Waals surface area (Å²) >= 11 is 5.75. The van der Waals surface area contributed by atoms with Crippen LogP contribution in [0.3, 0.4) is 0 Å². The molecular weight excluding hydrogens is 231 g/mol. The van der Waals surface area contributed by atoms with Gasteiger partial charge in [-0.1, -0.05) is 37.6 Å². The standard InChI is InChI=1S/C12H16ClFO2/c1-7(2)12(16)10(15)6-8-4-3-5-9(14)11(8)13/h3-5,7,10,12,15-16H,6H2,1-2H3. The number of aliphatic hydroxyl groups is 2. The molecule has 0 radical (unpaired) electrons. The lowest BCUT2D eigenvalue weighted by Gasteiger charge is -2.21. The second-order valence-electron chi connectivity index (χ2n) is 4.22. The molecule has 0 saturated heterocycles. The number of hydrogen-bond acceptors (Lipinski definition) is 2. The maximum Gasteiger partial charge on any atom is 0.142 e. The molecule has 0 aliphatic carbocycles. The molecular formula is C12H16ClFO2. The van der Waals surface area contributed by atoms with Gasteiger partial charge < -0.3 is 10.2 Å². The zero-order valence-electron chi connectivity index (χ0n) is 9.32. The predicted molar refractivity (Wildman–Crippen MR) is 62.0 cm³/mol. The lowest BCUT2D eigenvalue weighted by molar-refractivity contribution is -0.00732. The van der Waals surface area contributed by atoms with Gasteiger partial charge in [0.25, 0.3) is 0 Å². The summed E-state index contributed by atoms with van der Waals surface area (Å²) < 4.78 is 13.1. The quantitative estimate of drug-likeness (QED) is 0.857. The number of rotatable bonds is 4. The van der Waals surface area contributed by atoms with Crippen molar-refractivity contribution in [1.82, 2.24) is 0 Å². The Morgan fingerprint density at radius 1 is 1.31 bits per heavy atom. The van der Waals surface area contributed by atoms with Gasteiger partial charge in [-0.2, -0.15) is 0 Å². The summed E-state index contributed by atoms with van der Waals surface area (Å²) in [7, 11) is 0. The summed E-state index contributed by atoms with van der Waals surface area (Å²) in [6, 6.07) is 4.43. The van der Waals surface area contributed by atoms with E-state index in [0.717, 1.165) is 0 Å². The summed E-state index contributed by atoms with van der Waals surface area (Å²) in [5, 5.41) is 19.4. The molecule has 0 saturated carbocycles. The number of aliphatic hydroxyl groups excluding tert-OH is 2. The van der Waals surface area contributed by atoms with Crippen molar-refractivity contribution in [2.75, 3.05) is 0 Å². The van der Waals surface area contributed by atoms with Crippen molar-refractivity contribution in [2.24, 2.45) is 5.92 Å². The summed E-state index contributed by atoms with van der Waals surface area (Å²) in [6.45, 7) is 3.61. The van der Waals surface area contributed by atoms with E-state index in [1.165, 1.54) is 12.1 Å². The summed E-state index contributed by atoms with van der Waals surface area (Å²) in [6.07, 6.45) is -1.62. The van der Waals surface area contributed by atoms with Crippen LogP contribution in [0.2, 0.25) is 5.02 Å². The molecule has 0 aliphatic rings. The summed E-state index contributed by atoms with van der Waals surface area (Å²) in [5.74, 6) is -0.562. The third-order valence-electron chi connectivity index (χ3n) is 2.54. The molecule has 0 aromatic heterocycles. The van der Waals surface area contributed by atoms with Crippen molar-refractivity contribution in [3.05, 3.63) is 34.6 Å². The van der Waals surface area contributed by atoms with Crippen molar-refractivity contribution in [2.45, 2.75) is 32.5 Å². The highest BCUT2D eigenvalue weighted by Crippen LogP contribution is 2.22. The first-order chi connectivity index (χ1) is 7.43. The van der Waals surface area contributed by atoms with Gasteiger partial charge in [-0.05, 0) is 17.5 Å². The van der Waals surface area contributed by atoms with Gasteiger partial charge in [0.05, 0.1) is 17.2 Å². The molecule has 90 valence electrons. The minimum atomic E-state index is -0.931. The minimum Gasteiger partial charge on any atom is -0.390 e. The van der Waals surface area contributed by atoms with Crippen LogP contribution in [0.25, 0.3) is 0 Å². The molecule has 0 bridgehead atoms. The lowest BCUT2D eigenvalue weighted by atomic mass is 9.96. The first kappa shape index (κ1) is 13.4. The molecule has 2 N–H and O–H groups in total. The molecule has 1 aromatic carbocycles. The average Bonchev–Trinajstić information content (AvgIpc) is 2.23. The van der Waals surface area contributed by atoms with Crippen LogP contribution in [0.15, 0.2) is 18.2 Å². The first-order valence-corrected chi connectivity index (χ1v) is 5.60. The van der Waals surface area contributed by atoms with Gasteiger partial charge in [0.1, 0.15) is 5.82 Å². The molecule has 0 amide bonds. The summed E-state index contributed by atoms with van der Waals surface area (Å²) in [4.78, 5) is 0. The van der Waals surface area contributed by atoms with Gasteiger partial charge in [0, 0.05) is 6.42 Å². The Balaban J connectivity index is 2.77. The molecule has 1 rings (SSSR count). The highest BCUT2D eigenvalue weighted by Gasteiger charge is 2.21. The Kier molecular flexibility index (Phi) is 4.71. The monoisotopic (exact) mass is 246 g/mol. The van der Waals surface area contributed by atoms with E-state index in [4.69, 9.17) is 11.6 Å². The third kappa shape index (κ3) is 3.17. The fourth-order valence-electron chi connectivity index (χ4n) is 1.50. The van der Waals surface area contributed by atoms with E-state index in [2.05, 4.69) is 0 Å². The SMILES string of the molecule is CC(C)C(O)C(O)Cc1cccc(F)c1Cl. The van der Waals surface area contributed by atoms with Crippen LogP contribution in [0, 0.1) is 11.7 Å². The molecule has 16 heavy (non-hydrogen) atoms. The van der Waals surface area contributed by atoms with E-state index in [0.29, 0.717) is 5.56 Å². The van der Waals surface area contributed by atoms with Crippen molar-refractivity contribution in [3.8, 4) is 0 Å². The van der Waals surface area contributed by atoms with Crippen molar-refractivity contribution in [3.63, 3.8) is 0 Å². The fraction of sp³-hybridized carbons (Fsp3) is 0.500. The zero-order valence-corrected chi connectivity index (χ0v) is 10.1. The number of halogens is 2. The largest absolute Gasteiger partial charge is 0.390 e. The molecule has 0 spiro atoms. The van der Waals surface area contributed by atoms with Crippen LogP contribution in [-0.2, 0) is 6.42 Å². The normalized spacial score (nSPS) is 15.2. The average molecular weight is 247 g/mol. The smallest absolute Gasteiger partial charge is 0.142 e. The molecule has 2 unspecified atom stereocenters. The van der Waals surface area contributed by atoms with Gasteiger partial charge in [-0.25, -0.2) is 4.39 Å². The Labute approximate surface area is 99.7 Å². The van der Waals surface area contributed by atoms with Crippen LogP contribution in [0.5, 0.6) is 0 Å². The Morgan fingerprint density at radius 3 is 2.50 bits per heavy atom. The second kappa shape index (κ2) is 5.62. The van der Waals surface area contributed by atoms with Crippen molar-refractivity contribution in [1.29, 1.82) is 0 Å². The summed E-state index contributed by atoms with van der Waals surface area (Å²) in [5.41, 5.74) is 0.508. The van der Waals surface area contributed by atoms with E-state index in [9.17, 15) is 14.6 Å². The molecule has 1 aromatic rings. The van der Waals surface area contributed by atoms with Gasteiger partial charge in [-0.3, -0.25) is 0 Å². The topological polar surface area (TPSA) is 40.5 Å². The molecule has 0 heterocycles. The molecule has 2 atom stereocenters. The Bertz CT molecular complexity index is 355. The molecule has 4 heteroatoms. The van der Waals surface area contributed by atoms with Crippen LogP contribution in [0.4, 0.5) is 4.39 Å². The van der Waals surface area contributed by atoms with Crippen LogP contribution >= 0.6 is 11.6 Å². The van der Waals surface area contributed by atoms with Crippen LogP contribution in [0.1, 0.15) is 19.4 Å². The highest BCUT2D eigenvalue weighted by molar-refractivity contribution is 6.31. The second-order valence-corrected chi connectivity index (χ2v) is 4.60. The zero-order chi connectivity index (χ0) is 12.3. The van der Waals surface area contributed by atoms with Crippen LogP contribution < -0.4 is 0 Å². The Hall–Kier alpha value is -0.640. The maximum absolute atomic E-state index is 13.1. The Morgan fingerprint density at radius 2 is 1.94 bits per heavy atom. The van der Waals surface area contributed by atoms with E-state index >= 15 is 0 Å². The van der Waals surface area contributed by atoms with E-state index in [1.54, 1.807) is 19.9 Å². The van der Waals surface area contributed by atoms with Crippen molar-refractivity contribution >= 4 is 11.6 Å². The van der Waals surface area contributed by atoms with Gasteiger partial charge in [0.2, 0.25) is 0 Å². The number of benzene rings is 1. The van der Waals surface area contributed by atoms with Gasteiger partial charge >= 0.3 is 0 Å². The first-order valence-electron chi connectivity index (χ1n) is 5.22. The van der Waals surface area contributed by atoms with E-state index < -0.39 is 18.0 Å². The lowest BCUT2D eigenvalue weighted by Crippen LogP contribution is -2.32. The van der Waals surface area contributed by atoms with Crippen LogP contribution in [-0.4, -0.2) is 22.4 Å². The van der Waals surface area contributed by atoms with Gasteiger partial charge in [0.15, 0.2) is 0 Å². The third-order valence-corrected chi connectivity index (χ3v) is 2.96. The number of hydrogen-bond donors (Lipinski definition) is 2. The fourth-order valence-corrected chi connectivity index (χ4v) is 1.70. The van der Waals surface area contributed by atoms with E-state index in [1.807, 2.05) is 0 Å². The highest BCUT2D eigenvalue weighted by atomic mass is 35.5. The van der Waals surface area contributed by atoms with Crippen molar-refractivity contribution < 1.29 is 14.6 Å². The molecule has 0 fully saturated rings. The van der Waals surface area contributed by atoms with Gasteiger partial charge in [-0.15, -0.1) is 0 Å². The van der Waals surface area contributed by atoms with E-state index in [-0.39, 0.29) is 17.4 Å². The predicted octanol–water partition coefficient (Wildman–Crippen LogP) is 2.40. The minimum absolute atomic E-state index is 0.0116. The maximum atomic E-state index is 13.1. The molecule has 0 aliphatic heterocycles. The molecule has 2 nitrogen and oxygen atoms in total.